The minimum Gasteiger partial charge on any atom is -0.496 e. The Balaban J connectivity index is 1.57. The van der Waals surface area contributed by atoms with Gasteiger partial charge >= 0.3 is 0 Å². The Morgan fingerprint density at radius 3 is 1.12 bits per heavy atom. The van der Waals surface area contributed by atoms with Crippen molar-refractivity contribution in [1.82, 2.24) is 4.90 Å². The molecule has 1 fully saturated rings. The summed E-state index contributed by atoms with van der Waals surface area (Å²) in [4.78, 5) is 2.39. The molecule has 6 rings (SSSR count). The number of nitrogens with zero attached hydrogens (tertiary/aromatic N) is 1. The monoisotopic (exact) mass is 798 g/mol. The van der Waals surface area contributed by atoms with E-state index >= 15 is 0 Å². The van der Waals surface area contributed by atoms with Crippen LogP contribution >= 0.6 is 15.8 Å². The Kier molecular flexibility index (Phi) is 13.4. The molecule has 297 valence electrons. The average molecular weight is 799 g/mol. The van der Waals surface area contributed by atoms with Crippen molar-refractivity contribution in [1.29, 1.82) is 0 Å². The molecule has 0 saturated heterocycles. The van der Waals surface area contributed by atoms with Gasteiger partial charge in [-0.3, -0.25) is 0 Å². The third-order valence-electron chi connectivity index (χ3n) is 11.0. The molecule has 0 amide bonds. The molecule has 0 heterocycles. The van der Waals surface area contributed by atoms with Crippen LogP contribution in [0.5, 0.6) is 23.0 Å². The van der Waals surface area contributed by atoms with Gasteiger partial charge in [-0.05, 0) is 230 Å². The molecule has 0 unspecified atom stereocenters. The van der Waals surface area contributed by atoms with Gasteiger partial charge in [0.1, 0.15) is 23.0 Å². The van der Waals surface area contributed by atoms with Crippen LogP contribution in [0.3, 0.4) is 0 Å². The summed E-state index contributed by atoms with van der Waals surface area (Å²) in [5.74, 6) is 5.09. The number of methoxy groups -OCH3 is 4. The summed E-state index contributed by atoms with van der Waals surface area (Å²) in [6.07, 6.45) is 6.96. The average Bonchev–Trinajstić information content (AvgIpc) is 3.60. The second-order valence-electron chi connectivity index (χ2n) is 15.4. The summed E-state index contributed by atoms with van der Waals surface area (Å²) in [6.45, 7) is 17.3. The zero-order valence-corrected chi connectivity index (χ0v) is 38.0. The predicted molar refractivity (Wildman–Crippen MR) is 244 cm³/mol. The van der Waals surface area contributed by atoms with Crippen LogP contribution < -0.4 is 45.5 Å². The van der Waals surface area contributed by atoms with Crippen LogP contribution in [0.25, 0.3) is 0 Å². The molecule has 5 nitrogen and oxygen atoms in total. The Morgan fingerprint density at radius 1 is 0.456 bits per heavy atom. The number of rotatable bonds is 13. The molecule has 0 aromatic heterocycles. The van der Waals surface area contributed by atoms with Crippen LogP contribution in [0.4, 0.5) is 0 Å². The van der Waals surface area contributed by atoms with E-state index in [1.54, 1.807) is 28.4 Å². The van der Waals surface area contributed by atoms with E-state index < -0.39 is 15.8 Å². The lowest BCUT2D eigenvalue weighted by atomic mass is 9.90. The Bertz CT molecular complexity index is 2040. The van der Waals surface area contributed by atoms with Crippen molar-refractivity contribution in [3.8, 4) is 23.0 Å². The van der Waals surface area contributed by atoms with E-state index in [0.29, 0.717) is 0 Å². The Labute approximate surface area is 345 Å². The van der Waals surface area contributed by atoms with Gasteiger partial charge in [0.15, 0.2) is 0 Å². The van der Waals surface area contributed by atoms with Gasteiger partial charge in [-0.25, -0.2) is 0 Å². The molecule has 1 aliphatic rings. The zero-order valence-electron chi connectivity index (χ0n) is 36.2. The fourth-order valence-corrected chi connectivity index (χ4v) is 14.5. The molecule has 0 aliphatic heterocycles. The predicted octanol–water partition coefficient (Wildman–Crippen LogP) is 9.42. The van der Waals surface area contributed by atoms with Crippen molar-refractivity contribution in [2.45, 2.75) is 61.4 Å². The second-order valence-corrected chi connectivity index (χ2v) is 19.8. The first-order valence-corrected chi connectivity index (χ1v) is 22.1. The first-order chi connectivity index (χ1) is 27.2. The lowest BCUT2D eigenvalue weighted by Crippen LogP contribution is -2.34. The standard InChI is InChI=1S/C50H58NO4P2/c1-30-22-38(23-31(2)47(30)52-11)56(39-24-32(3)48(53-12)33(4)25-39)44-20-16-15-18-42(44)46(51(9)10)43-19-17-21-45(43)57(40-26-34(5)49(54-13)35(6)27-40)41-28-36(7)50(55-14)37(8)29-41/h15-29,46H,1-14H3/t46-/m0/s1. The highest BCUT2D eigenvalue weighted by Crippen LogP contribution is 2.60. The van der Waals surface area contributed by atoms with Crippen LogP contribution in [-0.2, 0) is 0 Å². The van der Waals surface area contributed by atoms with Gasteiger partial charge in [-0.2, -0.15) is 0 Å². The number of benzene rings is 5. The fraction of sp³-hybridized carbons (Fsp3) is 0.300. The maximum atomic E-state index is 5.87. The first kappa shape index (κ1) is 42.7. The molecular formula is C50H58NO4P2. The van der Waals surface area contributed by atoms with E-state index in [-0.39, 0.29) is 6.04 Å². The minimum atomic E-state index is -1.00. The van der Waals surface area contributed by atoms with E-state index in [0.717, 1.165) is 67.5 Å². The van der Waals surface area contributed by atoms with Crippen molar-refractivity contribution in [2.24, 2.45) is 0 Å². The van der Waals surface area contributed by atoms with Gasteiger partial charge in [-0.1, -0.05) is 24.3 Å². The normalized spacial score (nSPS) is 14.2. The van der Waals surface area contributed by atoms with Crippen molar-refractivity contribution in [3.05, 3.63) is 154 Å². The van der Waals surface area contributed by atoms with Crippen molar-refractivity contribution >= 4 is 42.4 Å². The first-order valence-electron chi connectivity index (χ1n) is 19.5. The molecular weight excluding hydrogens is 741 g/mol. The number of ether oxygens (including phenoxy) is 4. The highest BCUT2D eigenvalue weighted by atomic mass is 31.1. The van der Waals surface area contributed by atoms with Crippen molar-refractivity contribution in [2.75, 3.05) is 42.5 Å². The van der Waals surface area contributed by atoms with E-state index in [9.17, 15) is 0 Å². The molecule has 0 spiro atoms. The maximum Gasteiger partial charge on any atom is 0.124 e. The minimum absolute atomic E-state index is 0.0250. The smallest absolute Gasteiger partial charge is 0.124 e. The molecule has 5 aromatic carbocycles. The maximum absolute atomic E-state index is 5.87. The van der Waals surface area contributed by atoms with Gasteiger partial charge in [0.25, 0.3) is 0 Å². The molecule has 0 bridgehead atoms. The highest BCUT2D eigenvalue weighted by Gasteiger charge is 2.44. The highest BCUT2D eigenvalue weighted by molar-refractivity contribution is 7.80. The van der Waals surface area contributed by atoms with Crippen LogP contribution in [0, 0.1) is 86.2 Å². The molecule has 5 radical (unpaired) electrons. The lowest BCUT2D eigenvalue weighted by Gasteiger charge is -2.39. The number of aryl methyl sites for hydroxylation is 8. The summed E-state index contributed by atoms with van der Waals surface area (Å²) < 4.78 is 23.5. The van der Waals surface area contributed by atoms with E-state index in [1.807, 2.05) is 0 Å². The summed E-state index contributed by atoms with van der Waals surface area (Å²) in [5, 5.41) is 6.54. The third-order valence-corrected chi connectivity index (χ3v) is 15.9. The van der Waals surface area contributed by atoms with Gasteiger partial charge < -0.3 is 23.8 Å². The molecule has 57 heavy (non-hydrogen) atoms. The van der Waals surface area contributed by atoms with Crippen LogP contribution in [0.2, 0.25) is 0 Å². The SMILES string of the molecule is COc1c(C)cc(P([C]2[CH][CH][CH][C]2[C@H](c2ccccc2P(c2cc(C)c(OC)c(C)c2)c2cc(C)c(OC)c(C)c2)N(C)C)c2cc(C)c(OC)c(C)c2)cc1C. The summed E-state index contributed by atoms with van der Waals surface area (Å²) in [7, 11) is 9.51. The van der Waals surface area contributed by atoms with Gasteiger partial charge in [0.2, 0.25) is 0 Å². The topological polar surface area (TPSA) is 40.2 Å². The van der Waals surface area contributed by atoms with Gasteiger partial charge in [0, 0.05) is 17.6 Å². The van der Waals surface area contributed by atoms with Crippen LogP contribution in [-0.4, -0.2) is 47.4 Å². The molecule has 0 N–H and O–H groups in total. The molecule has 1 aliphatic carbocycles. The summed E-state index contributed by atoms with van der Waals surface area (Å²) >= 11 is 0. The van der Waals surface area contributed by atoms with E-state index in [1.165, 1.54) is 43.7 Å². The van der Waals surface area contributed by atoms with E-state index in [2.05, 4.69) is 166 Å². The lowest BCUT2D eigenvalue weighted by molar-refractivity contribution is 0.320. The van der Waals surface area contributed by atoms with Crippen LogP contribution in [0.1, 0.15) is 56.1 Å². The fourth-order valence-electron chi connectivity index (χ4n) is 8.87. The Hall–Kier alpha value is -3.88. The largest absolute Gasteiger partial charge is 0.496 e. The Morgan fingerprint density at radius 2 is 0.789 bits per heavy atom. The third kappa shape index (κ3) is 8.36. The van der Waals surface area contributed by atoms with Gasteiger partial charge in [-0.15, -0.1) is 0 Å². The quantitative estimate of drug-likeness (QED) is 0.111. The zero-order chi connectivity index (χ0) is 41.3. The molecule has 5 aromatic rings. The molecule has 1 saturated carbocycles. The van der Waals surface area contributed by atoms with Crippen LogP contribution in [0.15, 0.2) is 72.8 Å². The number of hydrogen-bond donors (Lipinski definition) is 0. The summed E-state index contributed by atoms with van der Waals surface area (Å²) in [6, 6.07) is 27.8. The number of hydrogen-bond acceptors (Lipinski definition) is 5. The second kappa shape index (κ2) is 17.9. The van der Waals surface area contributed by atoms with Gasteiger partial charge in [0.05, 0.1) is 28.4 Å². The summed E-state index contributed by atoms with van der Waals surface area (Å²) in [5.41, 5.74) is 11.8. The van der Waals surface area contributed by atoms with Crippen molar-refractivity contribution < 1.29 is 18.9 Å². The molecule has 7 heteroatoms. The van der Waals surface area contributed by atoms with E-state index in [4.69, 9.17) is 18.9 Å². The molecule has 1 atom stereocenters. The van der Waals surface area contributed by atoms with Crippen molar-refractivity contribution in [3.63, 3.8) is 0 Å².